The first kappa shape index (κ1) is 21.4. The summed E-state index contributed by atoms with van der Waals surface area (Å²) >= 11 is 6.06. The summed E-state index contributed by atoms with van der Waals surface area (Å²) in [6.45, 7) is 0. The van der Waals surface area contributed by atoms with E-state index in [2.05, 4.69) is 0 Å². The van der Waals surface area contributed by atoms with E-state index in [0.717, 1.165) is 11.0 Å². The maximum absolute atomic E-state index is 13.9. The van der Waals surface area contributed by atoms with Crippen molar-refractivity contribution in [3.05, 3.63) is 94.3 Å². The highest BCUT2D eigenvalue weighted by Crippen LogP contribution is 2.43. The average molecular weight is 454 g/mol. The van der Waals surface area contributed by atoms with Crippen LogP contribution in [0.1, 0.15) is 17.2 Å². The first-order valence-corrected chi connectivity index (χ1v) is 9.89. The second-order valence-corrected chi connectivity index (χ2v) is 7.50. The Kier molecular flexibility index (Phi) is 5.59. The van der Waals surface area contributed by atoms with Gasteiger partial charge < -0.3 is 14.9 Å². The van der Waals surface area contributed by atoms with Crippen LogP contribution in [0, 0.1) is 5.82 Å². The molecule has 4 rings (SSSR count). The molecule has 1 amide bonds. The fourth-order valence-electron chi connectivity index (χ4n) is 3.66. The predicted octanol–water partition coefficient (Wildman–Crippen LogP) is 4.82. The largest absolute Gasteiger partial charge is 0.508 e. The smallest absolute Gasteiger partial charge is 0.300 e. The molecule has 6 nitrogen and oxygen atoms in total. The van der Waals surface area contributed by atoms with Crippen LogP contribution in [0.15, 0.2) is 72.3 Å². The van der Waals surface area contributed by atoms with E-state index in [-0.39, 0.29) is 28.3 Å². The highest BCUT2D eigenvalue weighted by molar-refractivity contribution is 6.51. The number of amides is 1. The number of halogens is 2. The summed E-state index contributed by atoms with van der Waals surface area (Å²) in [4.78, 5) is 27.2. The molecule has 3 aromatic rings. The van der Waals surface area contributed by atoms with Gasteiger partial charge in [-0.25, -0.2) is 4.39 Å². The number of aromatic hydroxyl groups is 1. The Morgan fingerprint density at radius 1 is 1.06 bits per heavy atom. The highest BCUT2D eigenvalue weighted by atomic mass is 35.5. The second-order valence-electron chi connectivity index (χ2n) is 7.09. The molecule has 32 heavy (non-hydrogen) atoms. The van der Waals surface area contributed by atoms with Crippen LogP contribution in [0.2, 0.25) is 5.02 Å². The summed E-state index contributed by atoms with van der Waals surface area (Å²) in [6.07, 6.45) is 0. The lowest BCUT2D eigenvalue weighted by Crippen LogP contribution is -2.29. The number of carbonyl (C=O) groups is 2. The van der Waals surface area contributed by atoms with Crippen LogP contribution < -0.4 is 9.64 Å². The number of hydrogen-bond donors (Lipinski definition) is 2. The molecule has 0 aromatic heterocycles. The van der Waals surface area contributed by atoms with Crippen molar-refractivity contribution in [3.63, 3.8) is 0 Å². The van der Waals surface area contributed by atoms with Gasteiger partial charge in [0.25, 0.3) is 11.7 Å². The number of nitrogens with zero attached hydrogens (tertiary/aromatic N) is 1. The number of methoxy groups -OCH3 is 1. The van der Waals surface area contributed by atoms with Crippen LogP contribution in [-0.2, 0) is 9.59 Å². The third-order valence-corrected chi connectivity index (χ3v) is 5.48. The minimum absolute atomic E-state index is 0.0149. The van der Waals surface area contributed by atoms with Crippen molar-refractivity contribution in [3.8, 4) is 11.5 Å². The Hall–Kier alpha value is -3.84. The van der Waals surface area contributed by atoms with Crippen LogP contribution in [0.25, 0.3) is 5.76 Å². The normalized spacial score (nSPS) is 17.6. The molecule has 1 aliphatic rings. The van der Waals surface area contributed by atoms with Crippen molar-refractivity contribution in [2.75, 3.05) is 12.0 Å². The molecule has 0 spiro atoms. The molecule has 0 aliphatic carbocycles. The van der Waals surface area contributed by atoms with Gasteiger partial charge in [0.2, 0.25) is 0 Å². The maximum Gasteiger partial charge on any atom is 0.300 e. The van der Waals surface area contributed by atoms with Crippen molar-refractivity contribution in [2.45, 2.75) is 6.04 Å². The average Bonchev–Trinajstić information content (AvgIpc) is 3.05. The standard InChI is InChI=1S/C24H17ClFNO5/c1-32-19-11-14(7-10-18(19)25)22(29)20-21(13-5-8-17(28)9-6-13)27(24(31)23(20)30)16-4-2-3-15(26)12-16/h2-12,21,28-29H,1H3/b22-20+. The minimum Gasteiger partial charge on any atom is -0.508 e. The first-order chi connectivity index (χ1) is 15.3. The number of ketones is 1. The summed E-state index contributed by atoms with van der Waals surface area (Å²) in [6, 6.07) is 14.5. The van der Waals surface area contributed by atoms with Gasteiger partial charge in [0.15, 0.2) is 0 Å². The molecule has 1 saturated heterocycles. The zero-order valence-electron chi connectivity index (χ0n) is 16.8. The van der Waals surface area contributed by atoms with Crippen LogP contribution in [0.5, 0.6) is 11.5 Å². The zero-order valence-corrected chi connectivity index (χ0v) is 17.5. The van der Waals surface area contributed by atoms with Crippen LogP contribution in [0.3, 0.4) is 0 Å². The number of ether oxygens (including phenoxy) is 1. The van der Waals surface area contributed by atoms with Crippen LogP contribution in [-0.4, -0.2) is 29.0 Å². The van der Waals surface area contributed by atoms with Gasteiger partial charge in [-0.1, -0.05) is 29.8 Å². The Morgan fingerprint density at radius 3 is 2.44 bits per heavy atom. The molecular weight excluding hydrogens is 437 g/mol. The number of anilines is 1. The van der Waals surface area contributed by atoms with Crippen molar-refractivity contribution < 1.29 is 28.9 Å². The monoisotopic (exact) mass is 453 g/mol. The maximum atomic E-state index is 13.9. The number of hydrogen-bond acceptors (Lipinski definition) is 5. The van der Waals surface area contributed by atoms with Gasteiger partial charge in [-0.3, -0.25) is 14.5 Å². The molecule has 1 atom stereocenters. The molecular formula is C24H17ClFNO5. The third kappa shape index (κ3) is 3.67. The van der Waals surface area contributed by atoms with Crippen molar-refractivity contribution in [1.29, 1.82) is 0 Å². The predicted molar refractivity (Wildman–Crippen MR) is 117 cm³/mol. The van der Waals surface area contributed by atoms with Crippen molar-refractivity contribution in [1.82, 2.24) is 0 Å². The van der Waals surface area contributed by atoms with Gasteiger partial charge in [-0.05, 0) is 54.1 Å². The van der Waals surface area contributed by atoms with E-state index in [4.69, 9.17) is 16.3 Å². The SMILES string of the molecule is COc1cc(/C(O)=C2\C(=O)C(=O)N(c3cccc(F)c3)C2c2ccc(O)cc2)ccc1Cl. The topological polar surface area (TPSA) is 87.1 Å². The third-order valence-electron chi connectivity index (χ3n) is 5.16. The quantitative estimate of drug-likeness (QED) is 0.336. The number of phenols is 1. The Labute approximate surface area is 187 Å². The molecule has 0 bridgehead atoms. The van der Waals surface area contributed by atoms with Crippen molar-refractivity contribution >= 4 is 34.7 Å². The highest BCUT2D eigenvalue weighted by Gasteiger charge is 2.47. The number of aliphatic hydroxyl groups excluding tert-OH is 1. The minimum atomic E-state index is -1.06. The van der Waals surface area contributed by atoms with Gasteiger partial charge >= 0.3 is 0 Å². The molecule has 0 radical (unpaired) electrons. The number of benzene rings is 3. The van der Waals surface area contributed by atoms with Gasteiger partial charge in [-0.2, -0.15) is 0 Å². The van der Waals surface area contributed by atoms with Gasteiger partial charge in [0.05, 0.1) is 23.7 Å². The van der Waals surface area contributed by atoms with Crippen LogP contribution in [0.4, 0.5) is 10.1 Å². The fraction of sp³-hybridized carbons (Fsp3) is 0.0833. The zero-order chi connectivity index (χ0) is 23.0. The number of rotatable bonds is 4. The number of Topliss-reactive ketones (excluding diaryl/α,β-unsaturated/α-hetero) is 1. The second kappa shape index (κ2) is 8.36. The molecule has 0 saturated carbocycles. The number of aliphatic hydroxyl groups is 1. The molecule has 1 aliphatic heterocycles. The molecule has 162 valence electrons. The van der Waals surface area contributed by atoms with E-state index in [1.54, 1.807) is 0 Å². The lowest BCUT2D eigenvalue weighted by atomic mass is 9.95. The first-order valence-electron chi connectivity index (χ1n) is 9.51. The van der Waals surface area contributed by atoms with Gasteiger partial charge in [0.1, 0.15) is 23.1 Å². The molecule has 1 unspecified atom stereocenters. The Morgan fingerprint density at radius 2 is 1.78 bits per heavy atom. The van der Waals surface area contributed by atoms with E-state index in [9.17, 15) is 24.2 Å². The molecule has 1 heterocycles. The summed E-state index contributed by atoms with van der Waals surface area (Å²) in [5.74, 6) is -2.61. The Bertz CT molecular complexity index is 1260. The van der Waals surface area contributed by atoms with E-state index in [1.165, 1.54) is 67.8 Å². The summed E-state index contributed by atoms with van der Waals surface area (Å²) in [5, 5.41) is 21.1. The summed E-state index contributed by atoms with van der Waals surface area (Å²) in [5.41, 5.74) is 0.619. The number of phenolic OH excluding ortho intramolecular Hbond substituents is 1. The lowest BCUT2D eigenvalue weighted by Gasteiger charge is -2.25. The number of carbonyl (C=O) groups excluding carboxylic acids is 2. The Balaban J connectivity index is 1.95. The molecule has 8 heteroatoms. The van der Waals surface area contributed by atoms with E-state index >= 15 is 0 Å². The summed E-state index contributed by atoms with van der Waals surface area (Å²) < 4.78 is 19.1. The van der Waals surface area contributed by atoms with E-state index in [0.29, 0.717) is 10.6 Å². The van der Waals surface area contributed by atoms with E-state index < -0.39 is 29.3 Å². The molecule has 3 aromatic carbocycles. The van der Waals surface area contributed by atoms with Gasteiger partial charge in [0, 0.05) is 11.3 Å². The van der Waals surface area contributed by atoms with Crippen LogP contribution >= 0.6 is 11.6 Å². The van der Waals surface area contributed by atoms with Gasteiger partial charge in [-0.15, -0.1) is 0 Å². The van der Waals surface area contributed by atoms with Crippen molar-refractivity contribution in [2.24, 2.45) is 0 Å². The molecule has 2 N–H and O–H groups in total. The van der Waals surface area contributed by atoms with E-state index in [1.807, 2.05) is 0 Å². The fourth-order valence-corrected chi connectivity index (χ4v) is 3.85. The molecule has 1 fully saturated rings. The lowest BCUT2D eigenvalue weighted by molar-refractivity contribution is -0.132. The summed E-state index contributed by atoms with van der Waals surface area (Å²) in [7, 11) is 1.41.